The zero-order valence-electron chi connectivity index (χ0n) is 13.8. The van der Waals surface area contributed by atoms with E-state index in [9.17, 15) is 4.79 Å². The molecule has 1 fully saturated rings. The lowest BCUT2D eigenvalue weighted by atomic mass is 9.99. The van der Waals surface area contributed by atoms with Gasteiger partial charge in [-0.05, 0) is 12.3 Å². The minimum absolute atomic E-state index is 0.0914. The summed E-state index contributed by atoms with van der Waals surface area (Å²) in [6.07, 6.45) is 6.66. The summed E-state index contributed by atoms with van der Waals surface area (Å²) < 4.78 is 0. The Morgan fingerprint density at radius 2 is 2.14 bits per heavy atom. The molecule has 6 heteroatoms. The molecule has 0 aliphatic carbocycles. The summed E-state index contributed by atoms with van der Waals surface area (Å²) in [5, 5.41) is 6.17. The number of hydrogen-bond acceptors (Lipinski definition) is 4. The van der Waals surface area contributed by atoms with E-state index in [-0.39, 0.29) is 6.03 Å². The highest BCUT2D eigenvalue weighted by Gasteiger charge is 2.22. The number of aromatic nitrogens is 1. The number of piperazine rings is 1. The summed E-state index contributed by atoms with van der Waals surface area (Å²) in [4.78, 5) is 20.8. The summed E-state index contributed by atoms with van der Waals surface area (Å²) in [6, 6.07) is 0.0914. The standard InChI is InChI=1S/C16H28N4OS/c1-3-5-6-14(4-2)13-18-15(21)19-8-10-20(11-9-19)16-17-7-12-22-16/h7,12,14H,3-6,8-11,13H2,1-2H3,(H,18,21). The third-order valence-corrected chi connectivity index (χ3v) is 5.17. The van der Waals surface area contributed by atoms with E-state index in [1.807, 2.05) is 16.5 Å². The van der Waals surface area contributed by atoms with Gasteiger partial charge < -0.3 is 15.1 Å². The molecule has 0 bridgehead atoms. The van der Waals surface area contributed by atoms with Crippen molar-refractivity contribution in [3.8, 4) is 0 Å². The fourth-order valence-corrected chi connectivity index (χ4v) is 3.46. The van der Waals surface area contributed by atoms with Crippen LogP contribution in [0.4, 0.5) is 9.93 Å². The Labute approximate surface area is 137 Å². The second-order valence-electron chi connectivity index (χ2n) is 5.89. The van der Waals surface area contributed by atoms with E-state index in [1.54, 1.807) is 11.3 Å². The number of carbonyl (C=O) groups excluding carboxylic acids is 1. The molecule has 2 amide bonds. The molecule has 0 radical (unpaired) electrons. The van der Waals surface area contributed by atoms with E-state index >= 15 is 0 Å². The molecule has 1 N–H and O–H groups in total. The van der Waals surface area contributed by atoms with Crippen LogP contribution in [0.25, 0.3) is 0 Å². The Bertz CT molecular complexity index is 429. The monoisotopic (exact) mass is 324 g/mol. The molecule has 0 aromatic carbocycles. The number of rotatable bonds is 7. The maximum atomic E-state index is 12.3. The van der Waals surface area contributed by atoms with Gasteiger partial charge in [0.1, 0.15) is 0 Å². The number of unbranched alkanes of at least 4 members (excludes halogenated alkanes) is 1. The molecular weight excluding hydrogens is 296 g/mol. The van der Waals surface area contributed by atoms with Crippen molar-refractivity contribution >= 4 is 22.5 Å². The number of anilines is 1. The summed E-state index contributed by atoms with van der Waals surface area (Å²) in [5.74, 6) is 0.612. The summed E-state index contributed by atoms with van der Waals surface area (Å²) in [5.41, 5.74) is 0. The molecule has 124 valence electrons. The van der Waals surface area contributed by atoms with Crippen molar-refractivity contribution in [3.05, 3.63) is 11.6 Å². The molecular formula is C16H28N4OS. The lowest BCUT2D eigenvalue weighted by Gasteiger charge is -2.34. The van der Waals surface area contributed by atoms with Crippen molar-refractivity contribution in [2.45, 2.75) is 39.5 Å². The highest BCUT2D eigenvalue weighted by molar-refractivity contribution is 7.13. The van der Waals surface area contributed by atoms with Gasteiger partial charge in [-0.25, -0.2) is 9.78 Å². The minimum Gasteiger partial charge on any atom is -0.345 e. The molecule has 1 aromatic heterocycles. The van der Waals surface area contributed by atoms with E-state index in [1.165, 1.54) is 19.3 Å². The lowest BCUT2D eigenvalue weighted by molar-refractivity contribution is 0.192. The van der Waals surface area contributed by atoms with Gasteiger partial charge in [0.2, 0.25) is 0 Å². The molecule has 1 aliphatic rings. The molecule has 2 heterocycles. The van der Waals surface area contributed by atoms with Crippen molar-refractivity contribution in [2.24, 2.45) is 5.92 Å². The van der Waals surface area contributed by atoms with E-state index < -0.39 is 0 Å². The van der Waals surface area contributed by atoms with Crippen LogP contribution in [-0.4, -0.2) is 48.6 Å². The predicted molar refractivity (Wildman–Crippen MR) is 92.6 cm³/mol. The lowest BCUT2D eigenvalue weighted by Crippen LogP contribution is -2.52. The van der Waals surface area contributed by atoms with Crippen molar-refractivity contribution in [3.63, 3.8) is 0 Å². The fraction of sp³-hybridized carbons (Fsp3) is 0.750. The van der Waals surface area contributed by atoms with Crippen LogP contribution in [-0.2, 0) is 0 Å². The first-order valence-corrected chi connectivity index (χ1v) is 9.29. The molecule has 1 aliphatic heterocycles. The second-order valence-corrected chi connectivity index (χ2v) is 6.76. The van der Waals surface area contributed by atoms with Crippen molar-refractivity contribution in [1.29, 1.82) is 0 Å². The van der Waals surface area contributed by atoms with E-state index in [4.69, 9.17) is 0 Å². The first-order chi connectivity index (χ1) is 10.7. The maximum Gasteiger partial charge on any atom is 0.317 e. The summed E-state index contributed by atoms with van der Waals surface area (Å²) >= 11 is 1.66. The fourth-order valence-electron chi connectivity index (χ4n) is 2.76. The third-order valence-electron chi connectivity index (χ3n) is 4.34. The van der Waals surface area contributed by atoms with Gasteiger partial charge in [0.05, 0.1) is 0 Å². The van der Waals surface area contributed by atoms with Crippen LogP contribution in [0.15, 0.2) is 11.6 Å². The van der Waals surface area contributed by atoms with Crippen LogP contribution >= 0.6 is 11.3 Å². The molecule has 22 heavy (non-hydrogen) atoms. The van der Waals surface area contributed by atoms with Crippen LogP contribution in [0.5, 0.6) is 0 Å². The molecule has 2 rings (SSSR count). The van der Waals surface area contributed by atoms with Gasteiger partial charge in [-0.15, -0.1) is 11.3 Å². The number of carbonyl (C=O) groups is 1. The van der Waals surface area contributed by atoms with Crippen molar-refractivity contribution < 1.29 is 4.79 Å². The van der Waals surface area contributed by atoms with Gasteiger partial charge in [0.25, 0.3) is 0 Å². The average molecular weight is 324 g/mol. The molecule has 5 nitrogen and oxygen atoms in total. The van der Waals surface area contributed by atoms with Gasteiger partial charge in [-0.2, -0.15) is 0 Å². The smallest absolute Gasteiger partial charge is 0.317 e. The average Bonchev–Trinajstić information content (AvgIpc) is 3.09. The Balaban J connectivity index is 1.70. The molecule has 0 saturated carbocycles. The highest BCUT2D eigenvalue weighted by Crippen LogP contribution is 2.19. The molecule has 1 unspecified atom stereocenters. The number of urea groups is 1. The van der Waals surface area contributed by atoms with Crippen LogP contribution < -0.4 is 10.2 Å². The molecule has 0 spiro atoms. The topological polar surface area (TPSA) is 48.5 Å². The van der Waals surface area contributed by atoms with Crippen LogP contribution in [0.2, 0.25) is 0 Å². The molecule has 1 aromatic rings. The van der Waals surface area contributed by atoms with Crippen LogP contribution in [0.3, 0.4) is 0 Å². The zero-order valence-corrected chi connectivity index (χ0v) is 14.6. The predicted octanol–water partition coefficient (Wildman–Crippen LogP) is 3.19. The SMILES string of the molecule is CCCCC(CC)CNC(=O)N1CCN(c2nccs2)CC1. The van der Waals surface area contributed by atoms with E-state index in [0.717, 1.165) is 44.3 Å². The first-order valence-electron chi connectivity index (χ1n) is 8.41. The third kappa shape index (κ3) is 4.87. The molecule has 1 atom stereocenters. The number of nitrogens with zero attached hydrogens (tertiary/aromatic N) is 3. The van der Waals surface area contributed by atoms with Gasteiger partial charge in [0.15, 0.2) is 5.13 Å². The van der Waals surface area contributed by atoms with Gasteiger partial charge in [-0.3, -0.25) is 0 Å². The number of thiazole rings is 1. The second kappa shape index (κ2) is 8.98. The van der Waals surface area contributed by atoms with Crippen molar-refractivity contribution in [2.75, 3.05) is 37.6 Å². The van der Waals surface area contributed by atoms with E-state index in [2.05, 4.69) is 29.0 Å². The Hall–Kier alpha value is -1.30. The van der Waals surface area contributed by atoms with E-state index in [0.29, 0.717) is 5.92 Å². The Morgan fingerprint density at radius 1 is 1.36 bits per heavy atom. The number of nitrogens with one attached hydrogen (secondary N) is 1. The van der Waals surface area contributed by atoms with Gasteiger partial charge in [-0.1, -0.05) is 33.1 Å². The zero-order chi connectivity index (χ0) is 15.8. The van der Waals surface area contributed by atoms with Crippen LogP contribution in [0, 0.1) is 5.92 Å². The first kappa shape index (κ1) is 17.1. The highest BCUT2D eigenvalue weighted by atomic mass is 32.1. The Morgan fingerprint density at radius 3 is 2.73 bits per heavy atom. The molecule has 1 saturated heterocycles. The maximum absolute atomic E-state index is 12.3. The largest absolute Gasteiger partial charge is 0.345 e. The van der Waals surface area contributed by atoms with Crippen molar-refractivity contribution in [1.82, 2.24) is 15.2 Å². The number of hydrogen-bond donors (Lipinski definition) is 1. The normalized spacial score (nSPS) is 16.6. The summed E-state index contributed by atoms with van der Waals surface area (Å²) in [6.45, 7) is 8.52. The summed E-state index contributed by atoms with van der Waals surface area (Å²) in [7, 11) is 0. The quantitative estimate of drug-likeness (QED) is 0.838. The van der Waals surface area contributed by atoms with Gasteiger partial charge >= 0.3 is 6.03 Å². The number of amides is 2. The van der Waals surface area contributed by atoms with Crippen LogP contribution in [0.1, 0.15) is 39.5 Å². The van der Waals surface area contributed by atoms with Gasteiger partial charge in [0, 0.05) is 44.3 Å². The Kier molecular flexibility index (Phi) is 6.96. The minimum atomic E-state index is 0.0914.